The molecule has 4 amide bonds. The average molecular weight is 813 g/mol. The second-order valence-electron chi connectivity index (χ2n) is 16.5. The van der Waals surface area contributed by atoms with E-state index in [2.05, 4.69) is 81.3 Å². The number of aromatic amines is 2. The second-order valence-corrected chi connectivity index (χ2v) is 16.5. The van der Waals surface area contributed by atoms with Crippen LogP contribution >= 0.6 is 0 Å². The Labute approximate surface area is 348 Å². The number of carbonyl (C=O) groups excluding carboxylic acids is 4. The summed E-state index contributed by atoms with van der Waals surface area (Å²) in [5, 5.41) is 12.1. The number of likely N-dealkylation sites (tertiary alicyclic amines) is 2. The number of hydrogen-bond donors (Lipinski definition) is 4. The molecule has 0 radical (unpaired) electrons. The van der Waals surface area contributed by atoms with Crippen LogP contribution in [0.5, 0.6) is 0 Å². The van der Waals surface area contributed by atoms with Crippen LogP contribution in [0.2, 0.25) is 0 Å². The molecule has 4 N–H and O–H groups in total. The van der Waals surface area contributed by atoms with Crippen LogP contribution in [0.25, 0.3) is 54.8 Å². The van der Waals surface area contributed by atoms with E-state index in [-0.39, 0.29) is 35.7 Å². The van der Waals surface area contributed by atoms with Gasteiger partial charge in [-0.2, -0.15) is 0 Å². The molecule has 60 heavy (non-hydrogen) atoms. The van der Waals surface area contributed by atoms with E-state index in [1.165, 1.54) is 14.2 Å². The van der Waals surface area contributed by atoms with Gasteiger partial charge in [-0.1, -0.05) is 76.2 Å². The molecule has 312 valence electrons. The fraction of sp³-hybridized carbons (Fsp3) is 0.391. The van der Waals surface area contributed by atoms with Crippen molar-refractivity contribution in [2.24, 2.45) is 11.8 Å². The topological polar surface area (TPSA) is 175 Å². The molecule has 0 spiro atoms. The lowest BCUT2D eigenvalue weighted by molar-refractivity contribution is -0.136. The predicted molar refractivity (Wildman–Crippen MR) is 230 cm³/mol. The largest absolute Gasteiger partial charge is 0.453 e. The number of benzene rings is 4. The molecule has 2 aliphatic rings. The number of hydrogen-bond acceptors (Lipinski definition) is 8. The first-order chi connectivity index (χ1) is 29.0. The third kappa shape index (κ3) is 7.50. The molecule has 14 heteroatoms. The van der Waals surface area contributed by atoms with Crippen LogP contribution in [-0.2, 0) is 19.1 Å². The molecule has 0 unspecified atom stereocenters. The summed E-state index contributed by atoms with van der Waals surface area (Å²) in [6, 6.07) is 19.5. The van der Waals surface area contributed by atoms with Crippen LogP contribution in [0.15, 0.2) is 73.1 Å². The van der Waals surface area contributed by atoms with Gasteiger partial charge in [-0.3, -0.25) is 9.59 Å². The summed E-state index contributed by atoms with van der Waals surface area (Å²) in [5.41, 5.74) is 3.68. The Hall–Kier alpha value is -6.44. The van der Waals surface area contributed by atoms with Gasteiger partial charge in [-0.25, -0.2) is 19.6 Å². The van der Waals surface area contributed by atoms with Crippen molar-refractivity contribution in [1.29, 1.82) is 0 Å². The predicted octanol–water partition coefficient (Wildman–Crippen LogP) is 8.01. The second kappa shape index (κ2) is 16.7. The maximum atomic E-state index is 13.7. The minimum atomic E-state index is -0.703. The van der Waals surface area contributed by atoms with Crippen molar-refractivity contribution < 1.29 is 28.7 Å². The molecular weight excluding hydrogens is 761 g/mol. The number of imidazole rings is 2. The van der Waals surface area contributed by atoms with Crippen molar-refractivity contribution in [3.05, 3.63) is 84.7 Å². The van der Waals surface area contributed by atoms with Crippen molar-refractivity contribution in [3.8, 4) is 22.5 Å². The van der Waals surface area contributed by atoms with E-state index in [9.17, 15) is 19.2 Å². The molecule has 14 nitrogen and oxygen atoms in total. The smallest absolute Gasteiger partial charge is 0.407 e. The van der Waals surface area contributed by atoms with E-state index in [0.29, 0.717) is 13.1 Å². The van der Waals surface area contributed by atoms with E-state index in [4.69, 9.17) is 19.4 Å². The first-order valence-corrected chi connectivity index (χ1v) is 20.8. The van der Waals surface area contributed by atoms with Gasteiger partial charge in [0.25, 0.3) is 0 Å². The number of nitrogens with one attached hydrogen (secondary N) is 4. The normalized spacial score (nSPS) is 17.8. The molecule has 2 fully saturated rings. The monoisotopic (exact) mass is 812 g/mol. The van der Waals surface area contributed by atoms with Crippen LogP contribution in [0.3, 0.4) is 0 Å². The molecule has 4 heterocycles. The molecule has 8 rings (SSSR count). The molecule has 2 saturated heterocycles. The van der Waals surface area contributed by atoms with Crippen molar-refractivity contribution in [1.82, 2.24) is 40.4 Å². The maximum Gasteiger partial charge on any atom is 0.407 e. The lowest BCUT2D eigenvalue weighted by atomic mass is 9.91. The lowest BCUT2D eigenvalue weighted by Gasteiger charge is -2.30. The zero-order valence-corrected chi connectivity index (χ0v) is 34.9. The Kier molecular flexibility index (Phi) is 11.2. The Morgan fingerprint density at radius 3 is 1.40 bits per heavy atom. The zero-order chi connectivity index (χ0) is 42.2. The van der Waals surface area contributed by atoms with Crippen molar-refractivity contribution in [2.75, 3.05) is 27.3 Å². The van der Waals surface area contributed by atoms with Crippen LogP contribution in [0, 0.1) is 11.8 Å². The Balaban J connectivity index is 1.08. The first kappa shape index (κ1) is 40.3. The number of alkyl carbamates (subject to hydrolysis) is 2. The van der Waals surface area contributed by atoms with Crippen molar-refractivity contribution >= 4 is 56.3 Å². The quantitative estimate of drug-likeness (QED) is 0.101. The van der Waals surface area contributed by atoms with E-state index >= 15 is 0 Å². The lowest BCUT2D eigenvalue weighted by Crippen LogP contribution is -2.51. The number of nitrogens with zero attached hydrogens (tertiary/aromatic N) is 4. The number of ether oxygens (including phenoxy) is 2. The highest BCUT2D eigenvalue weighted by Gasteiger charge is 2.39. The summed E-state index contributed by atoms with van der Waals surface area (Å²) in [6.45, 7) is 8.79. The van der Waals surface area contributed by atoms with Crippen LogP contribution in [0.4, 0.5) is 9.59 Å². The van der Waals surface area contributed by atoms with Crippen LogP contribution in [0.1, 0.15) is 77.1 Å². The third-order valence-electron chi connectivity index (χ3n) is 12.1. The minimum Gasteiger partial charge on any atom is -0.453 e. The van der Waals surface area contributed by atoms with E-state index in [0.717, 1.165) is 92.2 Å². The number of methoxy groups -OCH3 is 2. The first-order valence-electron chi connectivity index (χ1n) is 20.8. The molecule has 6 aromatic rings. The van der Waals surface area contributed by atoms with Crippen LogP contribution < -0.4 is 10.6 Å². The molecule has 0 bridgehead atoms. The third-order valence-corrected chi connectivity index (χ3v) is 12.1. The minimum absolute atomic E-state index is 0.118. The summed E-state index contributed by atoms with van der Waals surface area (Å²) >= 11 is 0. The number of carbonyl (C=O) groups is 4. The Morgan fingerprint density at radius 1 is 0.617 bits per heavy atom. The number of rotatable bonds is 10. The van der Waals surface area contributed by atoms with Gasteiger partial charge in [-0.15, -0.1) is 0 Å². The summed E-state index contributed by atoms with van der Waals surface area (Å²) < 4.78 is 9.59. The summed E-state index contributed by atoms with van der Waals surface area (Å²) in [7, 11) is 2.59. The van der Waals surface area contributed by atoms with Crippen molar-refractivity contribution in [2.45, 2.75) is 77.5 Å². The average Bonchev–Trinajstić information content (AvgIpc) is 4.10. The van der Waals surface area contributed by atoms with Crippen molar-refractivity contribution in [3.63, 3.8) is 0 Å². The Morgan fingerprint density at radius 2 is 1.02 bits per heavy atom. The van der Waals surface area contributed by atoms with Crippen LogP contribution in [-0.4, -0.2) is 93.1 Å². The molecule has 2 aliphatic heterocycles. The molecule has 0 saturated carbocycles. The van der Waals surface area contributed by atoms with E-state index in [1.54, 1.807) is 0 Å². The van der Waals surface area contributed by atoms with Gasteiger partial charge in [0.05, 0.1) is 50.1 Å². The summed E-state index contributed by atoms with van der Waals surface area (Å²) in [4.78, 5) is 71.8. The highest BCUT2D eigenvalue weighted by atomic mass is 16.5. The molecule has 2 aromatic heterocycles. The van der Waals surface area contributed by atoms with Gasteiger partial charge >= 0.3 is 12.2 Å². The number of H-pyrrole nitrogens is 2. The summed E-state index contributed by atoms with van der Waals surface area (Å²) in [5.74, 6) is 0.916. The van der Waals surface area contributed by atoms with Gasteiger partial charge in [-0.05, 0) is 82.0 Å². The van der Waals surface area contributed by atoms with Gasteiger partial charge in [0.1, 0.15) is 23.7 Å². The Bertz CT molecular complexity index is 2400. The maximum absolute atomic E-state index is 13.7. The fourth-order valence-corrected chi connectivity index (χ4v) is 8.98. The molecule has 0 aliphatic carbocycles. The zero-order valence-electron chi connectivity index (χ0n) is 34.9. The van der Waals surface area contributed by atoms with Gasteiger partial charge < -0.3 is 39.9 Å². The molecule has 4 aromatic carbocycles. The number of fused-ring (bicyclic) bond motifs is 6. The number of aromatic nitrogens is 4. The molecule has 4 atom stereocenters. The van der Waals surface area contributed by atoms with E-state index in [1.807, 2.05) is 49.9 Å². The van der Waals surface area contributed by atoms with Gasteiger partial charge in [0.15, 0.2) is 0 Å². The molecular formula is C46H52N8O6. The fourth-order valence-electron chi connectivity index (χ4n) is 8.98. The highest BCUT2D eigenvalue weighted by molar-refractivity contribution is 6.26. The van der Waals surface area contributed by atoms with Gasteiger partial charge in [0, 0.05) is 24.2 Å². The summed E-state index contributed by atoms with van der Waals surface area (Å²) in [6.07, 6.45) is 5.63. The SMILES string of the molecule is COC(=O)N[C@H](C(=O)N1CCC[C@H]1c1ncc(-c2ccc3c4ccc(-c5cnc([C@@H]6CCCN6C(=O)[C@@H](NC(=O)OC)C(C)C)[nH]5)cc4c4ccccc4c3c2)[nH]1)C(C)C. The standard InChI is InChI=1S/C46H52N8O6/c1-25(2)39(51-45(57)59-5)43(55)53-19-9-13-37(53)41-47-23-35(49-41)27-15-17-31-32-18-16-28(22-34(32)30-12-8-7-11-29(30)33(31)21-27)36-24-48-42(50-36)38-14-10-20-54(38)44(56)40(26(3)4)52-46(58)60-6/h7-8,11-12,15-18,21-26,37-40H,9-10,13-14,19-20H2,1-6H3,(H,47,49)(H,48,50)(H,51,57)(H,52,58)/t37-,38-,39-,40-/m0/s1. The highest BCUT2D eigenvalue weighted by Crippen LogP contribution is 2.40. The number of amides is 4. The van der Waals surface area contributed by atoms with E-state index < -0.39 is 24.3 Å². The van der Waals surface area contributed by atoms with Gasteiger partial charge in [0.2, 0.25) is 11.8 Å².